The van der Waals surface area contributed by atoms with Crippen LogP contribution in [0, 0.1) is 5.82 Å². The van der Waals surface area contributed by atoms with Crippen LogP contribution in [0.4, 0.5) is 21.7 Å². The Hall–Kier alpha value is -1.52. The van der Waals surface area contributed by atoms with Crippen LogP contribution in [0.5, 0.6) is 0 Å². The lowest BCUT2D eigenvalue weighted by Crippen LogP contribution is -1.99. The molecule has 0 fully saturated rings. The van der Waals surface area contributed by atoms with Crippen LogP contribution in [0.2, 0.25) is 10.0 Å². The summed E-state index contributed by atoms with van der Waals surface area (Å²) >= 11 is 11.7. The van der Waals surface area contributed by atoms with Crippen LogP contribution in [0.15, 0.2) is 30.3 Å². The van der Waals surface area contributed by atoms with Crippen LogP contribution in [0.25, 0.3) is 0 Å². The van der Waals surface area contributed by atoms with Crippen molar-refractivity contribution in [3.05, 3.63) is 46.2 Å². The summed E-state index contributed by atoms with van der Waals surface area (Å²) in [4.78, 5) is 3.98. The number of aromatic nitrogens is 1. The maximum absolute atomic E-state index is 13.0. The van der Waals surface area contributed by atoms with E-state index in [-0.39, 0.29) is 16.7 Å². The van der Waals surface area contributed by atoms with Gasteiger partial charge in [-0.05, 0) is 24.3 Å². The summed E-state index contributed by atoms with van der Waals surface area (Å²) in [5.74, 6) is 0.141. The Labute approximate surface area is 107 Å². The molecule has 1 heterocycles. The van der Waals surface area contributed by atoms with E-state index >= 15 is 0 Å². The number of anilines is 3. The molecule has 0 unspecified atom stereocenters. The van der Waals surface area contributed by atoms with Crippen LogP contribution in [-0.4, -0.2) is 4.98 Å². The van der Waals surface area contributed by atoms with E-state index in [2.05, 4.69) is 10.3 Å². The van der Waals surface area contributed by atoms with Crippen molar-refractivity contribution in [2.24, 2.45) is 0 Å². The van der Waals surface area contributed by atoms with Crippen molar-refractivity contribution in [1.82, 2.24) is 4.98 Å². The fraction of sp³-hybridized carbons (Fsp3) is 0. The quantitative estimate of drug-likeness (QED) is 0.872. The second kappa shape index (κ2) is 4.77. The van der Waals surface area contributed by atoms with E-state index in [0.717, 1.165) is 0 Å². The smallest absolute Gasteiger partial charge is 0.151 e. The lowest BCUT2D eigenvalue weighted by molar-refractivity contribution is 0.628. The Bertz CT molecular complexity index is 560. The molecule has 17 heavy (non-hydrogen) atoms. The number of pyridine rings is 1. The van der Waals surface area contributed by atoms with Gasteiger partial charge in [-0.2, -0.15) is 0 Å². The first-order chi connectivity index (χ1) is 8.06. The van der Waals surface area contributed by atoms with E-state index in [0.29, 0.717) is 16.5 Å². The normalized spacial score (nSPS) is 10.3. The Balaban J connectivity index is 2.33. The summed E-state index contributed by atoms with van der Waals surface area (Å²) in [5.41, 5.74) is 6.09. The van der Waals surface area contributed by atoms with Gasteiger partial charge in [-0.1, -0.05) is 29.3 Å². The fourth-order valence-corrected chi connectivity index (χ4v) is 1.68. The predicted molar refractivity (Wildman–Crippen MR) is 68.4 cm³/mol. The third kappa shape index (κ3) is 2.78. The molecule has 2 aromatic rings. The van der Waals surface area contributed by atoms with Gasteiger partial charge >= 0.3 is 0 Å². The molecular formula is C11H8Cl2FN3. The maximum Gasteiger partial charge on any atom is 0.151 e. The van der Waals surface area contributed by atoms with Crippen LogP contribution in [0.3, 0.4) is 0 Å². The third-order valence-corrected chi connectivity index (χ3v) is 2.63. The van der Waals surface area contributed by atoms with E-state index in [1.807, 2.05) is 0 Å². The van der Waals surface area contributed by atoms with E-state index in [1.54, 1.807) is 12.1 Å². The van der Waals surface area contributed by atoms with Crippen molar-refractivity contribution in [2.45, 2.75) is 0 Å². The molecule has 0 aliphatic carbocycles. The largest absolute Gasteiger partial charge is 0.382 e. The molecule has 0 aliphatic rings. The molecule has 1 aromatic heterocycles. The molecule has 2 rings (SSSR count). The SMILES string of the molecule is Nc1nc(Nc2cccc(F)c2)c(Cl)cc1Cl. The zero-order valence-corrected chi connectivity index (χ0v) is 10.1. The van der Waals surface area contributed by atoms with Crippen molar-refractivity contribution >= 4 is 40.5 Å². The van der Waals surface area contributed by atoms with Crippen LogP contribution >= 0.6 is 23.2 Å². The molecule has 0 aliphatic heterocycles. The first-order valence-corrected chi connectivity index (χ1v) is 5.46. The van der Waals surface area contributed by atoms with Gasteiger partial charge in [0.25, 0.3) is 0 Å². The summed E-state index contributed by atoms with van der Waals surface area (Å²) in [6, 6.07) is 7.41. The molecule has 3 N–H and O–H groups in total. The molecule has 0 atom stereocenters. The van der Waals surface area contributed by atoms with Gasteiger partial charge in [0, 0.05) is 5.69 Å². The minimum absolute atomic E-state index is 0.162. The van der Waals surface area contributed by atoms with Gasteiger partial charge in [0.15, 0.2) is 5.82 Å². The number of nitrogens with two attached hydrogens (primary N) is 1. The summed E-state index contributed by atoms with van der Waals surface area (Å²) in [5, 5.41) is 3.45. The van der Waals surface area contributed by atoms with Crippen molar-refractivity contribution < 1.29 is 4.39 Å². The second-order valence-electron chi connectivity index (χ2n) is 3.32. The number of benzene rings is 1. The Morgan fingerprint density at radius 2 is 1.94 bits per heavy atom. The lowest BCUT2D eigenvalue weighted by Gasteiger charge is -2.09. The summed E-state index contributed by atoms with van der Waals surface area (Å²) in [7, 11) is 0. The number of halogens is 3. The van der Waals surface area contributed by atoms with Crippen molar-refractivity contribution in [3.8, 4) is 0 Å². The van der Waals surface area contributed by atoms with E-state index in [9.17, 15) is 4.39 Å². The minimum Gasteiger partial charge on any atom is -0.382 e. The summed E-state index contributed by atoms with van der Waals surface area (Å²) < 4.78 is 13.0. The number of nitrogens with one attached hydrogen (secondary N) is 1. The zero-order valence-electron chi connectivity index (χ0n) is 8.55. The molecule has 88 valence electrons. The molecule has 0 saturated carbocycles. The van der Waals surface area contributed by atoms with E-state index in [4.69, 9.17) is 28.9 Å². The second-order valence-corrected chi connectivity index (χ2v) is 4.14. The average Bonchev–Trinajstić information content (AvgIpc) is 2.26. The molecule has 6 heteroatoms. The van der Waals surface area contributed by atoms with Gasteiger partial charge < -0.3 is 11.1 Å². The standard InChI is InChI=1S/C11H8Cl2FN3/c12-8-5-9(13)11(17-10(8)15)16-7-3-1-2-6(14)4-7/h1-5H,(H3,15,16,17). The van der Waals surface area contributed by atoms with Gasteiger partial charge in [0.05, 0.1) is 10.0 Å². The van der Waals surface area contributed by atoms with Crippen molar-refractivity contribution in [3.63, 3.8) is 0 Å². The Kier molecular flexibility index (Phi) is 3.36. The first-order valence-electron chi connectivity index (χ1n) is 4.70. The fourth-order valence-electron chi connectivity index (χ4n) is 1.27. The molecule has 0 radical (unpaired) electrons. The molecule has 0 amide bonds. The monoisotopic (exact) mass is 271 g/mol. The number of rotatable bonds is 2. The van der Waals surface area contributed by atoms with Crippen LogP contribution in [-0.2, 0) is 0 Å². The highest BCUT2D eigenvalue weighted by molar-refractivity contribution is 6.37. The average molecular weight is 272 g/mol. The molecule has 0 spiro atoms. The topological polar surface area (TPSA) is 50.9 Å². The molecular weight excluding hydrogens is 264 g/mol. The maximum atomic E-state index is 13.0. The van der Waals surface area contributed by atoms with E-state index < -0.39 is 0 Å². The zero-order chi connectivity index (χ0) is 12.4. The van der Waals surface area contributed by atoms with Gasteiger partial charge in [-0.15, -0.1) is 0 Å². The molecule has 0 bridgehead atoms. The lowest BCUT2D eigenvalue weighted by atomic mass is 10.3. The van der Waals surface area contributed by atoms with Crippen LogP contribution in [0.1, 0.15) is 0 Å². The first kappa shape index (κ1) is 12.0. The Morgan fingerprint density at radius 1 is 1.18 bits per heavy atom. The molecule has 3 nitrogen and oxygen atoms in total. The molecule has 1 aromatic carbocycles. The van der Waals surface area contributed by atoms with Crippen LogP contribution < -0.4 is 11.1 Å². The highest BCUT2D eigenvalue weighted by Crippen LogP contribution is 2.29. The Morgan fingerprint density at radius 3 is 2.65 bits per heavy atom. The highest BCUT2D eigenvalue weighted by Gasteiger charge is 2.07. The van der Waals surface area contributed by atoms with Gasteiger partial charge in [0.2, 0.25) is 0 Å². The van der Waals surface area contributed by atoms with Crippen molar-refractivity contribution in [2.75, 3.05) is 11.1 Å². The van der Waals surface area contributed by atoms with Gasteiger partial charge in [-0.25, -0.2) is 9.37 Å². The molecule has 0 saturated heterocycles. The van der Waals surface area contributed by atoms with E-state index in [1.165, 1.54) is 18.2 Å². The third-order valence-electron chi connectivity index (χ3n) is 2.04. The number of hydrogen-bond acceptors (Lipinski definition) is 3. The number of nitrogens with zero attached hydrogens (tertiary/aromatic N) is 1. The van der Waals surface area contributed by atoms with Crippen molar-refractivity contribution in [1.29, 1.82) is 0 Å². The highest BCUT2D eigenvalue weighted by atomic mass is 35.5. The number of nitrogen functional groups attached to an aromatic ring is 1. The summed E-state index contributed by atoms with van der Waals surface area (Å²) in [6.07, 6.45) is 0. The predicted octanol–water partition coefficient (Wildman–Crippen LogP) is 3.85. The number of hydrogen-bond donors (Lipinski definition) is 2. The summed E-state index contributed by atoms with van der Waals surface area (Å²) in [6.45, 7) is 0. The van der Waals surface area contributed by atoms with Gasteiger partial charge in [0.1, 0.15) is 11.6 Å². The van der Waals surface area contributed by atoms with Gasteiger partial charge in [-0.3, -0.25) is 0 Å². The minimum atomic E-state index is -0.354.